The van der Waals surface area contributed by atoms with Crippen molar-refractivity contribution in [1.29, 1.82) is 0 Å². The van der Waals surface area contributed by atoms with Crippen LogP contribution in [0.15, 0.2) is 34.5 Å². The smallest absolute Gasteiger partial charge is 0.263 e. The topological polar surface area (TPSA) is 58.2 Å². The van der Waals surface area contributed by atoms with Gasteiger partial charge in [-0.2, -0.15) is 0 Å². The highest BCUT2D eigenvalue weighted by Gasteiger charge is 2.19. The first-order valence-corrected chi connectivity index (χ1v) is 9.17. The Morgan fingerprint density at radius 3 is 2.43 bits per heavy atom. The first kappa shape index (κ1) is 16.0. The molecule has 6 heteroatoms. The van der Waals surface area contributed by atoms with Crippen LogP contribution in [-0.4, -0.2) is 15.0 Å². The quantitative estimate of drug-likeness (QED) is 0.857. The van der Waals surface area contributed by atoms with Crippen LogP contribution in [0.5, 0.6) is 0 Å². The molecule has 0 aliphatic heterocycles. The van der Waals surface area contributed by atoms with Crippen LogP contribution in [0.2, 0.25) is 0 Å². The van der Waals surface area contributed by atoms with Crippen LogP contribution in [0, 0.1) is 13.8 Å². The summed E-state index contributed by atoms with van der Waals surface area (Å²) in [5.74, 6) is 0. The van der Waals surface area contributed by atoms with E-state index in [0.29, 0.717) is 17.1 Å². The number of anilines is 1. The SMILES string of the molecule is CCNCc1sccc1S(=O)(=O)Nc1cc(C)cc(C)c1. The Kier molecular flexibility index (Phi) is 5.03. The fourth-order valence-electron chi connectivity index (χ4n) is 2.18. The standard InChI is InChI=1S/C15H20N2O2S2/c1-4-16-10-14-15(5-6-20-14)21(18,19)17-13-8-11(2)7-12(3)9-13/h5-9,16-17H,4,10H2,1-3H3. The summed E-state index contributed by atoms with van der Waals surface area (Å²) in [6.45, 7) is 7.27. The number of thiophene rings is 1. The lowest BCUT2D eigenvalue weighted by atomic mass is 10.1. The van der Waals surface area contributed by atoms with E-state index in [9.17, 15) is 8.42 Å². The van der Waals surface area contributed by atoms with Crippen LogP contribution in [0.4, 0.5) is 5.69 Å². The average Bonchev–Trinajstić information content (AvgIpc) is 2.83. The number of sulfonamides is 1. The number of aryl methyl sites for hydroxylation is 2. The Bertz CT molecular complexity index is 701. The first-order valence-electron chi connectivity index (χ1n) is 6.80. The van der Waals surface area contributed by atoms with Gasteiger partial charge in [0.1, 0.15) is 4.90 Å². The molecule has 2 rings (SSSR count). The van der Waals surface area contributed by atoms with Crippen molar-refractivity contribution in [3.8, 4) is 0 Å². The molecule has 0 aliphatic rings. The molecule has 0 saturated heterocycles. The van der Waals surface area contributed by atoms with Gasteiger partial charge in [0.25, 0.3) is 10.0 Å². The van der Waals surface area contributed by atoms with Gasteiger partial charge in [-0.25, -0.2) is 8.42 Å². The zero-order chi connectivity index (χ0) is 15.5. The largest absolute Gasteiger partial charge is 0.312 e. The third-order valence-electron chi connectivity index (χ3n) is 3.00. The van der Waals surface area contributed by atoms with Gasteiger partial charge >= 0.3 is 0 Å². The first-order chi connectivity index (χ1) is 9.92. The molecule has 0 saturated carbocycles. The van der Waals surface area contributed by atoms with Gasteiger partial charge in [-0.3, -0.25) is 4.72 Å². The van der Waals surface area contributed by atoms with Crippen molar-refractivity contribution in [1.82, 2.24) is 5.32 Å². The lowest BCUT2D eigenvalue weighted by Crippen LogP contribution is -2.17. The molecule has 0 bridgehead atoms. The fourth-order valence-corrected chi connectivity index (χ4v) is 4.63. The molecule has 114 valence electrons. The van der Waals surface area contributed by atoms with Gasteiger partial charge < -0.3 is 5.32 Å². The zero-order valence-electron chi connectivity index (χ0n) is 12.4. The van der Waals surface area contributed by atoms with Crippen molar-refractivity contribution >= 4 is 27.0 Å². The molecule has 1 heterocycles. The van der Waals surface area contributed by atoms with Crippen LogP contribution in [0.3, 0.4) is 0 Å². The molecule has 2 aromatic rings. The van der Waals surface area contributed by atoms with Gasteiger partial charge in [0.05, 0.1) is 0 Å². The van der Waals surface area contributed by atoms with E-state index in [4.69, 9.17) is 0 Å². The van der Waals surface area contributed by atoms with Crippen molar-refractivity contribution in [2.45, 2.75) is 32.2 Å². The molecule has 1 aromatic carbocycles. The van der Waals surface area contributed by atoms with Crippen LogP contribution in [0.1, 0.15) is 22.9 Å². The number of hydrogen-bond donors (Lipinski definition) is 2. The summed E-state index contributed by atoms with van der Waals surface area (Å²) in [6, 6.07) is 7.34. The van der Waals surface area contributed by atoms with Crippen molar-refractivity contribution in [3.05, 3.63) is 45.6 Å². The second-order valence-corrected chi connectivity index (χ2v) is 7.62. The minimum absolute atomic E-state index is 0.354. The van der Waals surface area contributed by atoms with Crippen molar-refractivity contribution < 1.29 is 8.42 Å². The second kappa shape index (κ2) is 6.60. The van der Waals surface area contributed by atoms with Crippen LogP contribution < -0.4 is 10.0 Å². The number of rotatable bonds is 6. The predicted octanol–water partition coefficient (Wildman–Crippen LogP) is 3.28. The summed E-state index contributed by atoms with van der Waals surface area (Å²) >= 11 is 1.45. The Labute approximate surface area is 130 Å². The summed E-state index contributed by atoms with van der Waals surface area (Å²) in [5, 5.41) is 4.97. The van der Waals surface area contributed by atoms with Gasteiger partial charge in [0.15, 0.2) is 0 Å². The second-order valence-electron chi connectivity index (χ2n) is 4.97. The number of benzene rings is 1. The van der Waals surface area contributed by atoms with Gasteiger partial charge in [-0.05, 0) is 55.1 Å². The molecule has 0 spiro atoms. The molecule has 0 unspecified atom stereocenters. The molecule has 0 fully saturated rings. The zero-order valence-corrected chi connectivity index (χ0v) is 14.1. The molecule has 2 N–H and O–H groups in total. The van der Waals surface area contributed by atoms with E-state index < -0.39 is 10.0 Å². The molecule has 4 nitrogen and oxygen atoms in total. The van der Waals surface area contributed by atoms with E-state index in [1.165, 1.54) is 11.3 Å². The maximum absolute atomic E-state index is 12.5. The molecule has 0 amide bonds. The summed E-state index contributed by atoms with van der Waals surface area (Å²) in [5.41, 5.74) is 2.67. The Balaban J connectivity index is 2.28. The van der Waals surface area contributed by atoms with E-state index in [0.717, 1.165) is 22.5 Å². The average molecular weight is 324 g/mol. The van der Waals surface area contributed by atoms with Gasteiger partial charge in [0.2, 0.25) is 0 Å². The van der Waals surface area contributed by atoms with Crippen molar-refractivity contribution in [2.24, 2.45) is 0 Å². The highest BCUT2D eigenvalue weighted by Crippen LogP contribution is 2.25. The Morgan fingerprint density at radius 2 is 1.81 bits per heavy atom. The van der Waals surface area contributed by atoms with Crippen molar-refractivity contribution in [2.75, 3.05) is 11.3 Å². The van der Waals surface area contributed by atoms with E-state index in [-0.39, 0.29) is 0 Å². The Hall–Kier alpha value is -1.37. The summed E-state index contributed by atoms with van der Waals surface area (Å²) in [4.78, 5) is 1.18. The van der Waals surface area contributed by atoms with E-state index in [1.54, 1.807) is 6.07 Å². The van der Waals surface area contributed by atoms with E-state index in [2.05, 4.69) is 10.0 Å². The highest BCUT2D eigenvalue weighted by atomic mass is 32.2. The van der Waals surface area contributed by atoms with Crippen LogP contribution in [0.25, 0.3) is 0 Å². The molecule has 0 radical (unpaired) electrons. The van der Waals surface area contributed by atoms with Crippen LogP contribution in [-0.2, 0) is 16.6 Å². The molecular formula is C15H20N2O2S2. The normalized spacial score (nSPS) is 11.6. The van der Waals surface area contributed by atoms with Crippen molar-refractivity contribution in [3.63, 3.8) is 0 Å². The lowest BCUT2D eigenvalue weighted by molar-refractivity contribution is 0.599. The predicted molar refractivity (Wildman–Crippen MR) is 88.4 cm³/mol. The van der Waals surface area contributed by atoms with Crippen LogP contribution >= 0.6 is 11.3 Å². The third kappa shape index (κ3) is 4.06. The maximum Gasteiger partial charge on any atom is 0.263 e. The minimum atomic E-state index is -3.54. The molecular weight excluding hydrogens is 304 g/mol. The number of hydrogen-bond acceptors (Lipinski definition) is 4. The Morgan fingerprint density at radius 1 is 1.14 bits per heavy atom. The van der Waals surface area contributed by atoms with Gasteiger partial charge in [-0.1, -0.05) is 13.0 Å². The third-order valence-corrected chi connectivity index (χ3v) is 5.52. The maximum atomic E-state index is 12.5. The lowest BCUT2D eigenvalue weighted by Gasteiger charge is -2.10. The summed E-state index contributed by atoms with van der Waals surface area (Å²) in [7, 11) is -3.54. The molecule has 1 aromatic heterocycles. The fraction of sp³-hybridized carbons (Fsp3) is 0.333. The monoisotopic (exact) mass is 324 g/mol. The van der Waals surface area contributed by atoms with E-state index in [1.807, 2.05) is 44.4 Å². The minimum Gasteiger partial charge on any atom is -0.312 e. The van der Waals surface area contributed by atoms with Gasteiger partial charge in [0, 0.05) is 17.1 Å². The summed E-state index contributed by atoms with van der Waals surface area (Å²) < 4.78 is 27.7. The molecule has 21 heavy (non-hydrogen) atoms. The summed E-state index contributed by atoms with van der Waals surface area (Å²) in [6.07, 6.45) is 0. The van der Waals surface area contributed by atoms with E-state index >= 15 is 0 Å². The highest BCUT2D eigenvalue weighted by molar-refractivity contribution is 7.93. The molecule has 0 atom stereocenters. The molecule has 0 aliphatic carbocycles. The van der Waals surface area contributed by atoms with Gasteiger partial charge in [-0.15, -0.1) is 11.3 Å². The number of nitrogens with one attached hydrogen (secondary N) is 2.